The number of benzene rings is 2. The lowest BCUT2D eigenvalue weighted by Gasteiger charge is -2.11. The van der Waals surface area contributed by atoms with Crippen molar-refractivity contribution in [3.05, 3.63) is 105 Å². The van der Waals surface area contributed by atoms with Gasteiger partial charge in [-0.05, 0) is 60.5 Å². The van der Waals surface area contributed by atoms with Gasteiger partial charge < -0.3 is 9.30 Å². The van der Waals surface area contributed by atoms with Crippen molar-refractivity contribution in [3.63, 3.8) is 0 Å². The van der Waals surface area contributed by atoms with Crippen LogP contribution in [-0.4, -0.2) is 28.9 Å². The third-order valence-electron chi connectivity index (χ3n) is 5.65. The summed E-state index contributed by atoms with van der Waals surface area (Å²) in [5.74, 6) is 0.576. The largest absolute Gasteiger partial charge is 0.489 e. The van der Waals surface area contributed by atoms with E-state index < -0.39 is 15.9 Å². The first-order valence-electron chi connectivity index (χ1n) is 11.3. The Labute approximate surface area is 232 Å². The second kappa shape index (κ2) is 10.7. The van der Waals surface area contributed by atoms with Crippen LogP contribution in [0.1, 0.15) is 27.4 Å². The van der Waals surface area contributed by atoms with E-state index in [0.29, 0.717) is 39.5 Å². The van der Waals surface area contributed by atoms with E-state index in [1.165, 1.54) is 18.2 Å². The molecule has 2 aromatic carbocycles. The molecule has 0 unspecified atom stereocenters. The fourth-order valence-corrected chi connectivity index (χ4v) is 6.47. The Morgan fingerprint density at radius 2 is 1.82 bits per heavy atom. The molecule has 0 saturated heterocycles. The molecule has 0 aliphatic carbocycles. The van der Waals surface area contributed by atoms with Gasteiger partial charge in [-0.15, -0.1) is 11.3 Å². The van der Waals surface area contributed by atoms with Crippen molar-refractivity contribution in [2.45, 2.75) is 24.3 Å². The molecule has 1 N–H and O–H groups in total. The maximum atomic E-state index is 12.8. The Morgan fingerprint density at radius 3 is 2.53 bits per heavy atom. The summed E-state index contributed by atoms with van der Waals surface area (Å²) in [4.78, 5) is 21.7. The number of hydrogen-bond donors (Lipinski definition) is 1. The zero-order chi connectivity index (χ0) is 26.9. The smallest absolute Gasteiger partial charge is 0.283 e. The zero-order valence-corrected chi connectivity index (χ0v) is 23.0. The van der Waals surface area contributed by atoms with E-state index in [1.54, 1.807) is 6.07 Å². The Bertz CT molecular complexity index is 1750. The predicted octanol–water partition coefficient (Wildman–Crippen LogP) is 5.85. The number of aryl methyl sites for hydroxylation is 1. The van der Waals surface area contributed by atoms with Crippen LogP contribution in [0.25, 0.3) is 11.2 Å². The van der Waals surface area contributed by atoms with Crippen molar-refractivity contribution in [1.82, 2.24) is 19.3 Å². The third kappa shape index (κ3) is 5.68. The number of ether oxygens (including phenoxy) is 1. The normalized spacial score (nSPS) is 11.6. The molecule has 0 spiro atoms. The first-order chi connectivity index (χ1) is 18.2. The van der Waals surface area contributed by atoms with Crippen molar-refractivity contribution in [3.8, 4) is 5.75 Å². The number of carbonyl (C=O) groups is 1. The number of carbonyl (C=O) groups excluding carboxylic acids is 1. The summed E-state index contributed by atoms with van der Waals surface area (Å²) in [5.41, 5.74) is 2.67. The number of para-hydroxylation sites is 1. The van der Waals surface area contributed by atoms with Gasteiger partial charge in [0.05, 0.1) is 10.9 Å². The number of nitrogens with zero attached hydrogens (tertiary/aromatic N) is 3. The number of nitrogens with one attached hydrogen (secondary N) is 1. The Morgan fingerprint density at radius 1 is 1.03 bits per heavy atom. The van der Waals surface area contributed by atoms with Crippen LogP contribution in [0.3, 0.4) is 0 Å². The minimum absolute atomic E-state index is 0.0647. The summed E-state index contributed by atoms with van der Waals surface area (Å²) in [6, 6.07) is 21.0. The van der Waals surface area contributed by atoms with Crippen molar-refractivity contribution < 1.29 is 17.9 Å². The van der Waals surface area contributed by atoms with E-state index in [2.05, 4.69) is 9.97 Å². The first-order valence-corrected chi connectivity index (χ1v) is 14.4. The second-order valence-corrected chi connectivity index (χ2v) is 12.3. The van der Waals surface area contributed by atoms with E-state index in [9.17, 15) is 13.2 Å². The number of sulfonamides is 1. The zero-order valence-electron chi connectivity index (χ0n) is 19.9. The van der Waals surface area contributed by atoms with E-state index in [0.717, 1.165) is 28.2 Å². The molecular weight excluding hydrogens is 567 g/mol. The summed E-state index contributed by atoms with van der Waals surface area (Å²) in [6.45, 7) is 2.55. The van der Waals surface area contributed by atoms with Crippen LogP contribution in [0.15, 0.2) is 77.0 Å². The maximum absolute atomic E-state index is 12.8. The number of pyridine rings is 1. The summed E-state index contributed by atoms with van der Waals surface area (Å²) in [5, 5.41) is 0.551. The molecular formula is C26H20Cl2N4O4S2. The highest BCUT2D eigenvalue weighted by molar-refractivity contribution is 7.92. The van der Waals surface area contributed by atoms with Gasteiger partial charge in [0, 0.05) is 5.02 Å². The average molecular weight is 588 g/mol. The molecule has 0 atom stereocenters. The van der Waals surface area contributed by atoms with E-state index in [1.807, 2.05) is 64.7 Å². The molecule has 5 rings (SSSR count). The number of thiophene rings is 1. The SMILES string of the molecule is Cc1nc2ccc(C(=O)NS(=O)(=O)c3ccc(Cl)s3)nc2n1Cc1ccc(COc2ccccc2)cc1Cl. The molecule has 0 aliphatic heterocycles. The maximum Gasteiger partial charge on any atom is 0.283 e. The van der Waals surface area contributed by atoms with Crippen molar-refractivity contribution in [2.75, 3.05) is 0 Å². The number of fused-ring (bicyclic) bond motifs is 1. The third-order valence-corrected chi connectivity index (χ3v) is 9.06. The number of rotatable bonds is 8. The Kier molecular flexibility index (Phi) is 7.40. The monoisotopic (exact) mass is 586 g/mol. The predicted molar refractivity (Wildman–Crippen MR) is 148 cm³/mol. The second-order valence-electron chi connectivity index (χ2n) is 8.31. The van der Waals surface area contributed by atoms with Gasteiger partial charge in [0.15, 0.2) is 5.65 Å². The van der Waals surface area contributed by atoms with Crippen LogP contribution in [0, 0.1) is 6.92 Å². The van der Waals surface area contributed by atoms with Gasteiger partial charge in [0.1, 0.15) is 33.6 Å². The molecule has 0 bridgehead atoms. The van der Waals surface area contributed by atoms with E-state index in [-0.39, 0.29) is 9.90 Å². The average Bonchev–Trinajstić information content (AvgIpc) is 3.47. The molecule has 0 fully saturated rings. The van der Waals surface area contributed by atoms with Gasteiger partial charge in [0.25, 0.3) is 15.9 Å². The lowest BCUT2D eigenvalue weighted by atomic mass is 10.1. The van der Waals surface area contributed by atoms with Crippen molar-refractivity contribution >= 4 is 61.6 Å². The van der Waals surface area contributed by atoms with Gasteiger partial charge in [0.2, 0.25) is 0 Å². The summed E-state index contributed by atoms with van der Waals surface area (Å²) < 4.78 is 35.0. The number of amides is 1. The lowest BCUT2D eigenvalue weighted by Crippen LogP contribution is -2.30. The molecule has 12 heteroatoms. The van der Waals surface area contributed by atoms with Gasteiger partial charge >= 0.3 is 0 Å². The molecule has 0 radical (unpaired) electrons. The van der Waals surface area contributed by atoms with E-state index in [4.69, 9.17) is 27.9 Å². The fourth-order valence-electron chi connectivity index (χ4n) is 3.76. The molecule has 194 valence electrons. The lowest BCUT2D eigenvalue weighted by molar-refractivity contribution is 0.0977. The highest BCUT2D eigenvalue weighted by Gasteiger charge is 2.22. The summed E-state index contributed by atoms with van der Waals surface area (Å²) >= 11 is 13.3. The van der Waals surface area contributed by atoms with Crippen LogP contribution >= 0.6 is 34.5 Å². The van der Waals surface area contributed by atoms with Crippen molar-refractivity contribution in [2.24, 2.45) is 0 Å². The number of imidazole rings is 1. The molecule has 5 aromatic rings. The van der Waals surface area contributed by atoms with Gasteiger partial charge in [-0.1, -0.05) is 53.5 Å². The van der Waals surface area contributed by atoms with Gasteiger partial charge in [-0.3, -0.25) is 4.79 Å². The Balaban J connectivity index is 1.36. The molecule has 8 nitrogen and oxygen atoms in total. The molecule has 38 heavy (non-hydrogen) atoms. The molecule has 0 saturated carbocycles. The molecule has 3 aromatic heterocycles. The van der Waals surface area contributed by atoms with Crippen molar-refractivity contribution in [1.29, 1.82) is 0 Å². The highest BCUT2D eigenvalue weighted by Crippen LogP contribution is 2.26. The summed E-state index contributed by atoms with van der Waals surface area (Å²) in [7, 11) is -4.08. The minimum atomic E-state index is -4.08. The highest BCUT2D eigenvalue weighted by atomic mass is 35.5. The van der Waals surface area contributed by atoms with E-state index >= 15 is 0 Å². The molecule has 0 aliphatic rings. The minimum Gasteiger partial charge on any atom is -0.489 e. The first kappa shape index (κ1) is 26.2. The number of hydrogen-bond acceptors (Lipinski definition) is 7. The number of halogens is 2. The summed E-state index contributed by atoms with van der Waals surface area (Å²) in [6.07, 6.45) is 0. The van der Waals surface area contributed by atoms with Gasteiger partial charge in [-0.25, -0.2) is 23.1 Å². The number of aromatic nitrogens is 3. The van der Waals surface area contributed by atoms with Crippen LogP contribution in [0.4, 0.5) is 0 Å². The molecule has 1 amide bonds. The Hall–Kier alpha value is -3.44. The van der Waals surface area contributed by atoms with Crippen LogP contribution in [-0.2, 0) is 23.2 Å². The van der Waals surface area contributed by atoms with Crippen LogP contribution in [0.5, 0.6) is 5.75 Å². The van der Waals surface area contributed by atoms with Crippen LogP contribution in [0.2, 0.25) is 9.36 Å². The molecule has 3 heterocycles. The quantitative estimate of drug-likeness (QED) is 0.244. The fraction of sp³-hybridized carbons (Fsp3) is 0.115. The van der Waals surface area contributed by atoms with Gasteiger partial charge in [-0.2, -0.15) is 0 Å². The standard InChI is InChI=1S/C26H20Cl2N4O4S2/c1-16-29-21-9-10-22(26(33)31-38(34,35)24-12-11-23(28)37-24)30-25(21)32(16)14-18-8-7-17(13-20(18)27)15-36-19-5-3-2-4-6-19/h2-13H,14-15H2,1H3,(H,31,33). The topological polar surface area (TPSA) is 103 Å². The van der Waals surface area contributed by atoms with Crippen LogP contribution < -0.4 is 9.46 Å².